The highest BCUT2D eigenvalue weighted by Gasteiger charge is 2.29. The van der Waals surface area contributed by atoms with E-state index in [0.717, 1.165) is 15.4 Å². The topological polar surface area (TPSA) is 57.7 Å². The Kier molecular flexibility index (Phi) is 7.26. The van der Waals surface area contributed by atoms with Gasteiger partial charge in [0.1, 0.15) is 6.54 Å². The first-order valence-corrected chi connectivity index (χ1v) is 11.7. The predicted molar refractivity (Wildman–Crippen MR) is 125 cm³/mol. The van der Waals surface area contributed by atoms with Crippen molar-refractivity contribution in [3.63, 3.8) is 0 Å². The molecule has 5 nitrogen and oxygen atoms in total. The number of hydrogen-bond donors (Lipinski definition) is 0. The van der Waals surface area contributed by atoms with E-state index in [1.165, 1.54) is 35.2 Å². The third kappa shape index (κ3) is 5.79. The van der Waals surface area contributed by atoms with Crippen molar-refractivity contribution in [1.29, 1.82) is 0 Å². The number of rotatable bonds is 7. The highest BCUT2D eigenvalue weighted by Crippen LogP contribution is 2.30. The SMILES string of the molecule is Cc1ccc(S(=O)(=O)N(CC(=O)N(C)Cc2ccccc2)c2cc(Cl)cc(Cl)c2)cc1. The molecule has 0 radical (unpaired) electrons. The molecular weight excluding hydrogens is 455 g/mol. The van der Waals surface area contributed by atoms with Gasteiger partial charge in [0.05, 0.1) is 10.6 Å². The van der Waals surface area contributed by atoms with Crippen LogP contribution in [-0.2, 0) is 21.4 Å². The number of nitrogens with zero attached hydrogens (tertiary/aromatic N) is 2. The average Bonchev–Trinajstić information content (AvgIpc) is 2.72. The van der Waals surface area contributed by atoms with Crippen LogP contribution in [0, 0.1) is 6.92 Å². The van der Waals surface area contributed by atoms with Crippen LogP contribution in [0.2, 0.25) is 10.0 Å². The third-order valence-electron chi connectivity index (χ3n) is 4.71. The summed E-state index contributed by atoms with van der Waals surface area (Å²) in [4.78, 5) is 14.5. The minimum Gasteiger partial charge on any atom is -0.340 e. The van der Waals surface area contributed by atoms with Crippen LogP contribution in [0.3, 0.4) is 0 Å². The van der Waals surface area contributed by atoms with Crippen LogP contribution in [0.5, 0.6) is 0 Å². The molecule has 0 aromatic heterocycles. The minimum atomic E-state index is -4.04. The summed E-state index contributed by atoms with van der Waals surface area (Å²) in [7, 11) is -2.40. The molecule has 162 valence electrons. The molecule has 8 heteroatoms. The largest absolute Gasteiger partial charge is 0.340 e. The Hall–Kier alpha value is -2.54. The van der Waals surface area contributed by atoms with Crippen molar-refractivity contribution in [1.82, 2.24) is 4.90 Å². The smallest absolute Gasteiger partial charge is 0.264 e. The van der Waals surface area contributed by atoms with Gasteiger partial charge in [-0.25, -0.2) is 8.42 Å². The van der Waals surface area contributed by atoms with Crippen molar-refractivity contribution in [3.05, 3.63) is 94.0 Å². The number of carbonyl (C=O) groups excluding carboxylic acids is 1. The lowest BCUT2D eigenvalue weighted by Gasteiger charge is -2.27. The van der Waals surface area contributed by atoms with Gasteiger partial charge in [0.2, 0.25) is 5.91 Å². The van der Waals surface area contributed by atoms with Gasteiger partial charge in [-0.1, -0.05) is 71.2 Å². The van der Waals surface area contributed by atoms with Crippen molar-refractivity contribution in [2.75, 3.05) is 17.9 Å². The first kappa shape index (κ1) is 23.1. The molecule has 1 amide bonds. The normalized spacial score (nSPS) is 11.2. The van der Waals surface area contributed by atoms with E-state index in [9.17, 15) is 13.2 Å². The fourth-order valence-electron chi connectivity index (χ4n) is 3.02. The fraction of sp³-hybridized carbons (Fsp3) is 0.174. The molecule has 31 heavy (non-hydrogen) atoms. The molecule has 0 heterocycles. The van der Waals surface area contributed by atoms with E-state index in [-0.39, 0.29) is 26.5 Å². The summed E-state index contributed by atoms with van der Waals surface area (Å²) in [6, 6.07) is 20.4. The molecule has 0 aliphatic heterocycles. The molecule has 0 N–H and O–H groups in total. The summed E-state index contributed by atoms with van der Waals surface area (Å²) in [5.74, 6) is -0.365. The van der Waals surface area contributed by atoms with Gasteiger partial charge < -0.3 is 4.90 Å². The van der Waals surface area contributed by atoms with E-state index in [2.05, 4.69) is 0 Å². The summed E-state index contributed by atoms with van der Waals surface area (Å²) < 4.78 is 27.9. The molecule has 0 aliphatic rings. The number of carbonyl (C=O) groups is 1. The third-order valence-corrected chi connectivity index (χ3v) is 6.94. The van der Waals surface area contributed by atoms with Gasteiger partial charge in [0.25, 0.3) is 10.0 Å². The van der Waals surface area contributed by atoms with Gasteiger partial charge in [-0.3, -0.25) is 9.10 Å². The van der Waals surface area contributed by atoms with E-state index in [0.29, 0.717) is 6.54 Å². The Morgan fingerprint density at radius 2 is 1.48 bits per heavy atom. The predicted octanol–water partition coefficient (Wildman–Crippen LogP) is 5.16. The van der Waals surface area contributed by atoms with Crippen LogP contribution in [-0.4, -0.2) is 32.8 Å². The summed E-state index contributed by atoms with van der Waals surface area (Å²) >= 11 is 12.2. The molecule has 0 atom stereocenters. The van der Waals surface area contributed by atoms with Crippen molar-refractivity contribution in [2.24, 2.45) is 0 Å². The first-order valence-electron chi connectivity index (χ1n) is 9.50. The number of benzene rings is 3. The average molecular weight is 477 g/mol. The first-order chi connectivity index (χ1) is 14.7. The Morgan fingerprint density at radius 3 is 2.06 bits per heavy atom. The van der Waals surface area contributed by atoms with Gasteiger partial charge >= 0.3 is 0 Å². The number of sulfonamides is 1. The summed E-state index contributed by atoms with van der Waals surface area (Å²) in [5, 5.41) is 0.549. The maximum atomic E-state index is 13.5. The van der Waals surface area contributed by atoms with Crippen LogP contribution in [0.4, 0.5) is 5.69 Å². The molecule has 0 spiro atoms. The van der Waals surface area contributed by atoms with Crippen molar-refractivity contribution >= 4 is 44.8 Å². The number of hydrogen-bond acceptors (Lipinski definition) is 3. The standard InChI is InChI=1S/C23H22Cl2N2O3S/c1-17-8-10-22(11-9-17)31(29,30)27(21-13-19(24)12-20(25)14-21)16-23(28)26(2)15-18-6-4-3-5-7-18/h3-14H,15-16H2,1-2H3. The minimum absolute atomic E-state index is 0.0766. The maximum absolute atomic E-state index is 13.5. The Morgan fingerprint density at radius 1 is 0.903 bits per heavy atom. The lowest BCUT2D eigenvalue weighted by atomic mass is 10.2. The highest BCUT2D eigenvalue weighted by molar-refractivity contribution is 7.92. The summed E-state index contributed by atoms with van der Waals surface area (Å²) in [6.07, 6.45) is 0. The van der Waals surface area contributed by atoms with Gasteiger partial charge in [0, 0.05) is 23.6 Å². The molecule has 0 saturated heterocycles. The van der Waals surface area contributed by atoms with Crippen LogP contribution >= 0.6 is 23.2 Å². The second kappa shape index (κ2) is 9.73. The quantitative estimate of drug-likeness (QED) is 0.473. The Bertz CT molecular complexity index is 1150. The number of aryl methyl sites for hydroxylation is 1. The van der Waals surface area contributed by atoms with E-state index < -0.39 is 16.6 Å². The molecule has 3 aromatic rings. The van der Waals surface area contributed by atoms with Crippen LogP contribution in [0.25, 0.3) is 0 Å². The molecule has 0 bridgehead atoms. The van der Waals surface area contributed by atoms with Crippen LogP contribution in [0.15, 0.2) is 77.7 Å². The van der Waals surface area contributed by atoms with Gasteiger partial charge in [0.15, 0.2) is 0 Å². The number of likely N-dealkylation sites (N-methyl/N-ethyl adjacent to an activating group) is 1. The Balaban J connectivity index is 1.95. The second-order valence-electron chi connectivity index (χ2n) is 7.19. The lowest BCUT2D eigenvalue weighted by molar-refractivity contribution is -0.128. The zero-order chi connectivity index (χ0) is 22.6. The lowest BCUT2D eigenvalue weighted by Crippen LogP contribution is -2.41. The monoisotopic (exact) mass is 476 g/mol. The number of halogens is 2. The van der Waals surface area contributed by atoms with Gasteiger partial charge in [-0.15, -0.1) is 0 Å². The van der Waals surface area contributed by atoms with Crippen molar-refractivity contribution in [2.45, 2.75) is 18.4 Å². The zero-order valence-electron chi connectivity index (χ0n) is 17.1. The summed E-state index contributed by atoms with van der Waals surface area (Å²) in [6.45, 7) is 1.83. The van der Waals surface area contributed by atoms with Crippen molar-refractivity contribution in [3.8, 4) is 0 Å². The highest BCUT2D eigenvalue weighted by atomic mass is 35.5. The fourth-order valence-corrected chi connectivity index (χ4v) is 4.94. The second-order valence-corrected chi connectivity index (χ2v) is 9.92. The molecule has 0 unspecified atom stereocenters. The molecule has 0 saturated carbocycles. The van der Waals surface area contributed by atoms with E-state index in [4.69, 9.17) is 23.2 Å². The molecule has 3 rings (SSSR count). The number of anilines is 1. The van der Waals surface area contributed by atoms with Crippen molar-refractivity contribution < 1.29 is 13.2 Å². The van der Waals surface area contributed by atoms with Gasteiger partial charge in [-0.05, 0) is 42.8 Å². The maximum Gasteiger partial charge on any atom is 0.264 e. The Labute approximate surface area is 192 Å². The zero-order valence-corrected chi connectivity index (χ0v) is 19.5. The summed E-state index contributed by atoms with van der Waals surface area (Å²) in [5.41, 5.74) is 2.09. The molecular formula is C23H22Cl2N2O3S. The van der Waals surface area contributed by atoms with E-state index in [1.54, 1.807) is 19.2 Å². The van der Waals surface area contributed by atoms with Crippen LogP contribution in [0.1, 0.15) is 11.1 Å². The van der Waals surface area contributed by atoms with E-state index in [1.807, 2.05) is 37.3 Å². The van der Waals surface area contributed by atoms with E-state index >= 15 is 0 Å². The molecule has 0 aliphatic carbocycles. The number of amides is 1. The molecule has 0 fully saturated rings. The van der Waals surface area contributed by atoms with Gasteiger partial charge in [-0.2, -0.15) is 0 Å². The molecule has 3 aromatic carbocycles. The van der Waals surface area contributed by atoms with Crippen LogP contribution < -0.4 is 4.31 Å².